The van der Waals surface area contributed by atoms with Crippen molar-refractivity contribution in [2.75, 3.05) is 41.4 Å². The van der Waals surface area contributed by atoms with Crippen LogP contribution in [-0.4, -0.2) is 90.8 Å². The summed E-state index contributed by atoms with van der Waals surface area (Å²) in [7, 11) is 0. The molecule has 4 aliphatic rings. The largest absolute Gasteiger partial charge is 0.395 e. The van der Waals surface area contributed by atoms with Crippen molar-refractivity contribution in [1.82, 2.24) is 25.1 Å². The predicted octanol–water partition coefficient (Wildman–Crippen LogP) is 9.31. The highest BCUT2D eigenvalue weighted by molar-refractivity contribution is 5.53. The van der Waals surface area contributed by atoms with E-state index in [1.165, 1.54) is 49.9 Å². The number of unbranched alkanes of at least 4 members (excludes halogenated alkanes) is 2. The van der Waals surface area contributed by atoms with Crippen LogP contribution in [0.2, 0.25) is 0 Å². The smallest absolute Gasteiger partial charge is 0.236 e. The fraction of sp³-hybridized carbons (Fsp3) is 0.837. The summed E-state index contributed by atoms with van der Waals surface area (Å²) in [6.45, 7) is 24.7. The third-order valence-corrected chi connectivity index (χ3v) is 11.7. The van der Waals surface area contributed by atoms with Gasteiger partial charge in [0.15, 0.2) is 0 Å². The van der Waals surface area contributed by atoms with Crippen LogP contribution in [0.1, 0.15) is 172 Å². The van der Waals surface area contributed by atoms with Crippen LogP contribution in [0.3, 0.4) is 0 Å². The van der Waals surface area contributed by atoms with Crippen LogP contribution in [0, 0.1) is 0 Å². The third kappa shape index (κ3) is 10.5. The van der Waals surface area contributed by atoms with Crippen molar-refractivity contribution in [3.8, 4) is 0 Å². The highest BCUT2D eigenvalue weighted by Gasteiger charge is 2.47. The number of aromatic nitrogens is 3. The Morgan fingerprint density at radius 3 is 1.43 bits per heavy atom. The van der Waals surface area contributed by atoms with Crippen molar-refractivity contribution < 1.29 is 14.8 Å². The zero-order valence-corrected chi connectivity index (χ0v) is 35.8. The van der Waals surface area contributed by atoms with Gasteiger partial charge in [0.1, 0.15) is 0 Å². The van der Waals surface area contributed by atoms with E-state index >= 15 is 0 Å². The van der Waals surface area contributed by atoms with Crippen molar-refractivity contribution in [3.05, 3.63) is 23.5 Å². The molecule has 2 saturated carbocycles. The van der Waals surface area contributed by atoms with E-state index in [9.17, 15) is 5.11 Å². The van der Waals surface area contributed by atoms with Gasteiger partial charge in [0.2, 0.25) is 17.8 Å². The lowest BCUT2D eigenvalue weighted by Gasteiger charge is -2.52. The van der Waals surface area contributed by atoms with Gasteiger partial charge in [-0.25, -0.2) is 0 Å². The second-order valence-corrected chi connectivity index (χ2v) is 18.8. The summed E-state index contributed by atoms with van der Waals surface area (Å²) >= 11 is 0. The molecule has 2 aliphatic heterocycles. The summed E-state index contributed by atoms with van der Waals surface area (Å²) in [6, 6.07) is 0. The Morgan fingerprint density at radius 1 is 0.667 bits per heavy atom. The van der Waals surface area contributed by atoms with Gasteiger partial charge in [-0.15, -0.1) is 0 Å². The maximum absolute atomic E-state index is 9.83. The van der Waals surface area contributed by atoms with E-state index in [-0.39, 0.29) is 41.0 Å². The molecule has 54 heavy (non-hydrogen) atoms. The van der Waals surface area contributed by atoms with Crippen molar-refractivity contribution in [2.24, 2.45) is 0 Å². The fourth-order valence-corrected chi connectivity index (χ4v) is 9.39. The number of nitrogens with one attached hydrogen (secondary N) is 1. The first-order chi connectivity index (χ1) is 25.6. The molecule has 0 amide bonds. The van der Waals surface area contributed by atoms with Crippen LogP contribution >= 0.6 is 0 Å². The molecule has 11 nitrogen and oxygen atoms in total. The summed E-state index contributed by atoms with van der Waals surface area (Å²) < 4.78 is 0. The van der Waals surface area contributed by atoms with Crippen molar-refractivity contribution in [2.45, 2.75) is 206 Å². The Morgan fingerprint density at radius 2 is 1.07 bits per heavy atom. The third-order valence-electron chi connectivity index (χ3n) is 11.7. The molecule has 2 fully saturated rings. The normalized spacial score (nSPS) is 23.5. The molecular weight excluding hydrogens is 677 g/mol. The molecule has 11 heteroatoms. The second kappa shape index (κ2) is 18.3. The van der Waals surface area contributed by atoms with E-state index in [2.05, 4.69) is 107 Å². The Kier molecular flexibility index (Phi) is 14.5. The number of rotatable bonds is 17. The van der Waals surface area contributed by atoms with Gasteiger partial charge in [-0.05, 0) is 106 Å². The first kappa shape index (κ1) is 42.8. The SMILES string of the molecule is CCCCN(C1=CC(C)(C)N(OC2CCCCC2)C(C)(C)C1)c1nc(NCCO)nc(N(CCCC)C2=CC(C)(C)N(OC3CCCCC3)C(C)(C)C2)n1. The number of nitrogens with zero attached hydrogens (tertiary/aromatic N) is 7. The van der Waals surface area contributed by atoms with E-state index in [0.29, 0.717) is 24.4 Å². The lowest BCUT2D eigenvalue weighted by molar-refractivity contribution is -0.288. The topological polar surface area (TPSA) is 102 Å². The summed E-state index contributed by atoms with van der Waals surface area (Å²) in [5, 5.41) is 17.7. The van der Waals surface area contributed by atoms with Gasteiger partial charge in [-0.3, -0.25) is 9.68 Å². The van der Waals surface area contributed by atoms with Gasteiger partial charge in [0.25, 0.3) is 0 Å². The van der Waals surface area contributed by atoms with Crippen LogP contribution < -0.4 is 15.1 Å². The molecule has 3 heterocycles. The van der Waals surface area contributed by atoms with E-state index < -0.39 is 0 Å². The van der Waals surface area contributed by atoms with Gasteiger partial charge in [0, 0.05) is 54.9 Å². The fourth-order valence-electron chi connectivity index (χ4n) is 9.39. The minimum atomic E-state index is -0.338. The van der Waals surface area contributed by atoms with Gasteiger partial charge < -0.3 is 20.2 Å². The number of aliphatic hydroxyl groups excluding tert-OH is 1. The van der Waals surface area contributed by atoms with Gasteiger partial charge >= 0.3 is 0 Å². The lowest BCUT2D eigenvalue weighted by atomic mass is 9.85. The first-order valence-electron chi connectivity index (χ1n) is 21.6. The molecule has 0 bridgehead atoms. The van der Waals surface area contributed by atoms with Crippen molar-refractivity contribution in [1.29, 1.82) is 0 Å². The summed E-state index contributed by atoms with van der Waals surface area (Å²) in [6.07, 6.45) is 23.1. The number of aliphatic hydroxyl groups is 1. The van der Waals surface area contributed by atoms with Gasteiger partial charge in [-0.1, -0.05) is 65.2 Å². The number of hydrogen-bond donors (Lipinski definition) is 2. The number of hydrogen-bond acceptors (Lipinski definition) is 11. The zero-order chi connectivity index (χ0) is 39.1. The number of hydroxylamine groups is 4. The zero-order valence-electron chi connectivity index (χ0n) is 35.8. The molecule has 0 radical (unpaired) electrons. The molecule has 5 rings (SSSR count). The van der Waals surface area contributed by atoms with Crippen LogP contribution in [0.5, 0.6) is 0 Å². The highest BCUT2D eigenvalue weighted by Crippen LogP contribution is 2.43. The molecular formula is C43H76N8O3. The summed E-state index contributed by atoms with van der Waals surface area (Å²) in [5.74, 6) is 1.78. The van der Waals surface area contributed by atoms with E-state index in [0.717, 1.165) is 77.3 Å². The van der Waals surface area contributed by atoms with Gasteiger partial charge in [-0.2, -0.15) is 25.1 Å². The molecule has 306 valence electrons. The van der Waals surface area contributed by atoms with Gasteiger partial charge in [0.05, 0.1) is 29.9 Å². The standard InChI is InChI=1S/C43H76N8O3/c1-11-13-26-48(33-29-40(3,4)50(41(5,6)30-33)53-35-21-17-15-18-22-35)38-45-37(44-25-28-52)46-39(47-38)49(27-14-12-2)34-31-42(7,8)51(43(9,10)32-34)54-36-23-19-16-20-24-36/h29,31,35-36,52H,11-28,30,32H2,1-10H3,(H,44,45,46,47). The van der Waals surface area contributed by atoms with E-state index in [4.69, 9.17) is 24.6 Å². The predicted molar refractivity (Wildman–Crippen MR) is 221 cm³/mol. The molecule has 2 aliphatic carbocycles. The van der Waals surface area contributed by atoms with Crippen LogP contribution in [0.4, 0.5) is 17.8 Å². The summed E-state index contributed by atoms with van der Waals surface area (Å²) in [4.78, 5) is 33.9. The minimum absolute atomic E-state index is 0.00975. The molecule has 0 unspecified atom stereocenters. The Labute approximate surface area is 328 Å². The molecule has 0 spiro atoms. The maximum Gasteiger partial charge on any atom is 0.236 e. The highest BCUT2D eigenvalue weighted by atomic mass is 16.7. The number of anilines is 3. The van der Waals surface area contributed by atoms with Crippen LogP contribution in [0.15, 0.2) is 23.5 Å². The van der Waals surface area contributed by atoms with Crippen molar-refractivity contribution in [3.63, 3.8) is 0 Å². The summed E-state index contributed by atoms with van der Waals surface area (Å²) in [5.41, 5.74) is 1.26. The molecule has 0 aromatic carbocycles. The lowest BCUT2D eigenvalue weighted by Crippen LogP contribution is -2.59. The average molecular weight is 753 g/mol. The molecule has 0 atom stereocenters. The molecule has 2 N–H and O–H groups in total. The Bertz CT molecular complexity index is 1310. The maximum atomic E-state index is 9.83. The average Bonchev–Trinajstić information content (AvgIpc) is 3.11. The molecule has 1 aromatic heterocycles. The van der Waals surface area contributed by atoms with E-state index in [1.54, 1.807) is 0 Å². The Balaban J connectivity index is 1.54. The molecule has 1 aromatic rings. The minimum Gasteiger partial charge on any atom is -0.395 e. The monoisotopic (exact) mass is 753 g/mol. The van der Waals surface area contributed by atoms with Crippen LogP contribution in [0.25, 0.3) is 0 Å². The molecule has 0 saturated heterocycles. The Hall–Kier alpha value is -2.31. The first-order valence-corrected chi connectivity index (χ1v) is 21.6. The second-order valence-electron chi connectivity index (χ2n) is 18.8. The van der Waals surface area contributed by atoms with Crippen LogP contribution in [-0.2, 0) is 9.68 Å². The quantitative estimate of drug-likeness (QED) is 0.159. The van der Waals surface area contributed by atoms with Crippen molar-refractivity contribution >= 4 is 17.8 Å². The van der Waals surface area contributed by atoms with E-state index in [1.807, 2.05) is 0 Å².